The number of hydrogen-bond donors (Lipinski definition) is 0. The summed E-state index contributed by atoms with van der Waals surface area (Å²) < 4.78 is 113. The van der Waals surface area contributed by atoms with E-state index in [4.69, 9.17) is 44.6 Å². The van der Waals surface area contributed by atoms with Crippen molar-refractivity contribution in [3.63, 3.8) is 0 Å². The molecule has 3 aliphatic rings. The van der Waals surface area contributed by atoms with Crippen LogP contribution in [0.15, 0.2) is 0 Å². The van der Waals surface area contributed by atoms with Crippen LogP contribution in [0.1, 0.15) is 93.9 Å². The van der Waals surface area contributed by atoms with Crippen molar-refractivity contribution in [3.05, 3.63) is 0 Å². The van der Waals surface area contributed by atoms with Crippen LogP contribution in [-0.2, 0) is 69.5 Å². The molecule has 0 amide bonds. The Morgan fingerprint density at radius 1 is 0.733 bits per heavy atom. The first-order valence-electron chi connectivity index (χ1n) is 20.2. The Hall–Kier alpha value is 2.86. The fraction of sp³-hybridized carbons (Fsp3) is 1.00. The second-order valence-electron chi connectivity index (χ2n) is 16.3. The molecule has 360 valence electrons. The Balaban J connectivity index is 0.000000506. The fourth-order valence-corrected chi connectivity index (χ4v) is 12.3. The Kier molecular flexibility index (Phi) is 31.5. The average molecular weight is 1050 g/mol. The molecule has 0 spiro atoms. The van der Waals surface area contributed by atoms with Gasteiger partial charge in [-0.05, 0) is 72.5 Å². The van der Waals surface area contributed by atoms with Crippen LogP contribution < -0.4 is 0 Å². The maximum atomic E-state index is 11.5. The highest BCUT2D eigenvalue weighted by atomic mass is 32.3. The molecule has 1 saturated heterocycles. The van der Waals surface area contributed by atoms with E-state index in [2.05, 4.69) is 116 Å². The van der Waals surface area contributed by atoms with Crippen LogP contribution in [0, 0.1) is 53.3 Å². The summed E-state index contributed by atoms with van der Waals surface area (Å²) in [5, 5.41) is 0. The zero-order valence-electron chi connectivity index (χ0n) is 36.1. The van der Waals surface area contributed by atoms with Crippen LogP contribution in [0.5, 0.6) is 0 Å². The van der Waals surface area contributed by atoms with E-state index >= 15 is 0 Å². The Labute approximate surface area is 380 Å². The minimum atomic E-state index is -5.02. The maximum Gasteiger partial charge on any atom is 0.400 e. The third-order valence-corrected chi connectivity index (χ3v) is 16.7. The minimum absolute atomic E-state index is 0.0720. The van der Waals surface area contributed by atoms with E-state index in [1.54, 1.807) is 0 Å². The van der Waals surface area contributed by atoms with Crippen molar-refractivity contribution in [1.82, 2.24) is 0 Å². The van der Waals surface area contributed by atoms with Crippen molar-refractivity contribution >= 4 is 96.5 Å². The topological polar surface area (TPSA) is 193 Å². The van der Waals surface area contributed by atoms with Crippen LogP contribution in [0.25, 0.3) is 0 Å². The Morgan fingerprint density at radius 3 is 1.73 bits per heavy atom. The summed E-state index contributed by atoms with van der Waals surface area (Å²) in [6.07, 6.45) is 0.402. The second kappa shape index (κ2) is 31.1. The van der Waals surface area contributed by atoms with E-state index in [0.717, 1.165) is 36.5 Å². The molecule has 60 heavy (non-hydrogen) atoms. The molecule has 1 heterocycles. The van der Waals surface area contributed by atoms with Crippen LogP contribution in [0.3, 0.4) is 0 Å². The predicted octanol–water partition coefficient (Wildman–Crippen LogP) is 7.20. The molecule has 3 fully saturated rings. The smallest absolute Gasteiger partial charge is 0.400 e. The minimum Gasteiger partial charge on any atom is -0.726 e. The quantitative estimate of drug-likeness (QED) is 0.0566. The van der Waals surface area contributed by atoms with Gasteiger partial charge >= 0.3 is 10.4 Å². The van der Waals surface area contributed by atoms with Gasteiger partial charge in [0.2, 0.25) is 10.4 Å². The second-order valence-corrected chi connectivity index (χ2v) is 20.8. The molecule has 0 radical (unpaired) electrons. The van der Waals surface area contributed by atoms with Crippen LogP contribution in [-0.4, -0.2) is 90.0 Å². The van der Waals surface area contributed by atoms with Gasteiger partial charge in [-0.2, -0.15) is 8.42 Å². The fourth-order valence-electron chi connectivity index (χ4n) is 8.92. The summed E-state index contributed by atoms with van der Waals surface area (Å²) in [5.41, 5.74) is 0. The van der Waals surface area contributed by atoms with Crippen molar-refractivity contribution in [3.8, 4) is 0 Å². The van der Waals surface area contributed by atoms with Gasteiger partial charge in [0, 0.05) is 75.7 Å². The molecule has 0 N–H and O–H groups in total. The third kappa shape index (κ3) is 19.5. The Morgan fingerprint density at radius 2 is 1.30 bits per heavy atom. The molecule has 0 aromatic heterocycles. The normalized spacial score (nSPS) is 32.0. The first kappa shape index (κ1) is 60.9. The SMILES string of the molecule is CCC(C)C1C(CC(OP)C(OS(=O)(=O)[O-])C(OP)C(COP)OP)CC(C)C1C.CCC(C)C1CCC(C)C1C.O=S1(=O)OCC(OP)C(C(OP)C(COP)OP)O1. The molecule has 25 atom stereocenters. The largest absolute Gasteiger partial charge is 0.726 e. The van der Waals surface area contributed by atoms with Gasteiger partial charge in [0.1, 0.15) is 42.7 Å². The van der Waals surface area contributed by atoms with Gasteiger partial charge in [-0.1, -0.05) is 74.7 Å². The Bertz CT molecular complexity index is 1380. The molecule has 26 heteroatoms. The highest BCUT2D eigenvalue weighted by Gasteiger charge is 2.46. The molecule has 0 aromatic rings. The van der Waals surface area contributed by atoms with E-state index in [-0.39, 0.29) is 19.8 Å². The monoisotopic (exact) mass is 1050 g/mol. The summed E-state index contributed by atoms with van der Waals surface area (Å²) in [5.74, 6) is 6.31. The van der Waals surface area contributed by atoms with Gasteiger partial charge in [-0.3, -0.25) is 4.18 Å². The zero-order chi connectivity index (χ0) is 46.0. The van der Waals surface area contributed by atoms with Crippen LogP contribution >= 0.6 is 75.7 Å². The lowest BCUT2D eigenvalue weighted by molar-refractivity contribution is -0.0912. The van der Waals surface area contributed by atoms with E-state index in [9.17, 15) is 21.4 Å². The predicted molar refractivity (Wildman–Crippen MR) is 258 cm³/mol. The van der Waals surface area contributed by atoms with Crippen molar-refractivity contribution in [1.29, 1.82) is 0 Å². The molecule has 2 aliphatic carbocycles. The molecule has 16 nitrogen and oxygen atoms in total. The standard InChI is InChI=1S/C17H38O8P4S.C11H22.C6H16O8P4S/c1-5-9(2)15-11(4)10(3)6-12(15)7-13(22-27)17(25-30(18,19)20)16(24-29)14(23-28)8-21-26;1-5-8(2)11-7-6-9(3)10(11)4;7-19(8)10-2-4(12-17)6(14-19)5(13-18)3(11-16)1-9-15/h9-17H,5-8,26-29H2,1-4H3,(H,18,19,20);8-11H,5-7H2,1-4H3;3-6H,1-2,15-18H2/p-1. The average Bonchev–Trinajstić information content (AvgIpc) is 3.69. The molecular formula is C34H75O16P8S2-. The summed E-state index contributed by atoms with van der Waals surface area (Å²) in [6.45, 7) is 18.6. The van der Waals surface area contributed by atoms with Crippen molar-refractivity contribution in [2.24, 2.45) is 53.3 Å². The van der Waals surface area contributed by atoms with Crippen molar-refractivity contribution in [2.45, 2.75) is 143 Å². The molecular weight excluding hydrogens is 976 g/mol. The van der Waals surface area contributed by atoms with E-state index in [0.29, 0.717) is 36.0 Å². The van der Waals surface area contributed by atoms with E-state index in [1.807, 2.05) is 18.9 Å². The molecule has 3 rings (SSSR count). The number of rotatable bonds is 23. The lowest BCUT2D eigenvalue weighted by Gasteiger charge is -2.37. The van der Waals surface area contributed by atoms with Gasteiger partial charge in [-0.15, -0.1) is 0 Å². The molecule has 1 aliphatic heterocycles. The first-order valence-corrected chi connectivity index (χ1v) is 26.6. The lowest BCUT2D eigenvalue weighted by atomic mass is 9.76. The zero-order valence-corrected chi connectivity index (χ0v) is 47.0. The molecule has 0 bridgehead atoms. The van der Waals surface area contributed by atoms with Crippen molar-refractivity contribution < 1.29 is 70.1 Å². The van der Waals surface area contributed by atoms with Crippen LogP contribution in [0.2, 0.25) is 0 Å². The van der Waals surface area contributed by atoms with Crippen LogP contribution in [0.4, 0.5) is 0 Å². The number of hydrogen-bond acceptors (Lipinski definition) is 16. The highest BCUT2D eigenvalue weighted by molar-refractivity contribution is 7.82. The molecule has 2 saturated carbocycles. The highest BCUT2D eigenvalue weighted by Crippen LogP contribution is 2.49. The van der Waals surface area contributed by atoms with Gasteiger partial charge in [0.25, 0.3) is 0 Å². The van der Waals surface area contributed by atoms with Gasteiger partial charge in [0.05, 0.1) is 25.9 Å². The summed E-state index contributed by atoms with van der Waals surface area (Å²) >= 11 is 0. The van der Waals surface area contributed by atoms with E-state index < -0.39 is 69.6 Å². The van der Waals surface area contributed by atoms with Gasteiger partial charge in [0.15, 0.2) is 0 Å². The third-order valence-electron chi connectivity index (χ3n) is 12.9. The summed E-state index contributed by atoms with van der Waals surface area (Å²) in [4.78, 5) is 0. The summed E-state index contributed by atoms with van der Waals surface area (Å²) in [7, 11) is 7.56. The molecule has 25 unspecified atom stereocenters. The molecule has 0 aromatic carbocycles. The maximum absolute atomic E-state index is 11.5. The van der Waals surface area contributed by atoms with Gasteiger partial charge in [-0.25, -0.2) is 16.8 Å². The lowest BCUT2D eigenvalue weighted by Crippen LogP contribution is -2.53. The first-order chi connectivity index (χ1) is 28.2. The van der Waals surface area contributed by atoms with Gasteiger partial charge < -0.3 is 40.7 Å². The summed E-state index contributed by atoms with van der Waals surface area (Å²) in [6, 6.07) is 0. The van der Waals surface area contributed by atoms with Crippen molar-refractivity contribution in [2.75, 3.05) is 19.8 Å². The van der Waals surface area contributed by atoms with E-state index in [1.165, 1.54) is 19.3 Å².